The first-order chi connectivity index (χ1) is 9.76. The van der Waals surface area contributed by atoms with Crippen molar-refractivity contribution >= 4 is 29.1 Å². The van der Waals surface area contributed by atoms with Crippen LogP contribution in [0.3, 0.4) is 0 Å². The second-order valence-electron chi connectivity index (χ2n) is 5.10. The molecule has 6 heteroatoms. The highest BCUT2D eigenvalue weighted by Crippen LogP contribution is 2.33. The monoisotopic (exact) mass is 312 g/mol. The number of amides is 2. The molecule has 0 spiro atoms. The molecule has 0 radical (unpaired) electrons. The molecule has 0 bridgehead atoms. The van der Waals surface area contributed by atoms with Crippen molar-refractivity contribution in [1.82, 2.24) is 5.32 Å². The Bertz CT molecular complexity index is 544. The number of benzene rings is 1. The fourth-order valence-corrected chi connectivity index (χ4v) is 2.05. The molecular formula is C15H21ClN2O3. The molecule has 21 heavy (non-hydrogen) atoms. The van der Waals surface area contributed by atoms with Crippen LogP contribution in [0.2, 0.25) is 5.02 Å². The molecule has 0 saturated carbocycles. The summed E-state index contributed by atoms with van der Waals surface area (Å²) in [5, 5.41) is 3.31. The van der Waals surface area contributed by atoms with Gasteiger partial charge in [-0.3, -0.25) is 14.5 Å². The summed E-state index contributed by atoms with van der Waals surface area (Å²) in [6.45, 7) is 6.90. The Hall–Kier alpha value is -1.75. The van der Waals surface area contributed by atoms with E-state index in [1.54, 1.807) is 12.1 Å². The van der Waals surface area contributed by atoms with E-state index >= 15 is 0 Å². The minimum atomic E-state index is -0.242. The molecule has 0 fully saturated rings. The summed E-state index contributed by atoms with van der Waals surface area (Å²) in [6, 6.07) is 3.40. The highest BCUT2D eigenvalue weighted by Gasteiger charge is 2.20. The van der Waals surface area contributed by atoms with Crippen molar-refractivity contribution in [3.8, 4) is 5.75 Å². The van der Waals surface area contributed by atoms with Gasteiger partial charge in [-0.05, 0) is 32.4 Å². The van der Waals surface area contributed by atoms with Crippen molar-refractivity contribution in [2.24, 2.45) is 0 Å². The van der Waals surface area contributed by atoms with Gasteiger partial charge in [0, 0.05) is 24.1 Å². The van der Waals surface area contributed by atoms with E-state index in [4.69, 9.17) is 16.3 Å². The third-order valence-corrected chi connectivity index (χ3v) is 3.29. The molecule has 0 aliphatic rings. The number of hydrogen-bond acceptors (Lipinski definition) is 3. The molecule has 0 atom stereocenters. The summed E-state index contributed by atoms with van der Waals surface area (Å²) in [7, 11) is 1.50. The fourth-order valence-electron chi connectivity index (χ4n) is 1.90. The van der Waals surface area contributed by atoms with E-state index in [2.05, 4.69) is 5.32 Å². The van der Waals surface area contributed by atoms with E-state index < -0.39 is 0 Å². The molecule has 0 saturated heterocycles. The van der Waals surface area contributed by atoms with Gasteiger partial charge in [0.05, 0.1) is 12.8 Å². The van der Waals surface area contributed by atoms with Crippen LogP contribution < -0.4 is 15.0 Å². The zero-order valence-electron chi connectivity index (χ0n) is 13.0. The molecule has 0 unspecified atom stereocenters. The highest BCUT2D eigenvalue weighted by molar-refractivity contribution is 6.31. The Balaban J connectivity index is 3.14. The van der Waals surface area contributed by atoms with Gasteiger partial charge < -0.3 is 10.1 Å². The van der Waals surface area contributed by atoms with E-state index in [1.807, 2.05) is 20.8 Å². The Kier molecular flexibility index (Phi) is 6.03. The van der Waals surface area contributed by atoms with Crippen molar-refractivity contribution < 1.29 is 14.3 Å². The summed E-state index contributed by atoms with van der Waals surface area (Å²) in [5.74, 6) is -0.0121. The molecule has 1 rings (SSSR count). The van der Waals surface area contributed by atoms with Crippen LogP contribution in [0.1, 0.15) is 26.3 Å². The van der Waals surface area contributed by atoms with Gasteiger partial charge >= 0.3 is 0 Å². The summed E-state index contributed by atoms with van der Waals surface area (Å²) in [5.41, 5.74) is 1.34. The molecule has 1 N–H and O–H groups in total. The first kappa shape index (κ1) is 17.3. The SMILES string of the molecule is COc1cc(Cl)c(C)cc1N(CC(=O)NC(C)C)C(C)=O. The molecule has 1 aromatic rings. The number of rotatable bonds is 5. The lowest BCUT2D eigenvalue weighted by Gasteiger charge is -2.24. The standard InChI is InChI=1S/C15H21ClN2O3/c1-9(2)17-15(20)8-18(11(4)19)13-6-10(3)12(16)7-14(13)21-5/h6-7,9H,8H2,1-5H3,(H,17,20). The summed E-state index contributed by atoms with van der Waals surface area (Å²) in [6.07, 6.45) is 0. The molecule has 2 amide bonds. The van der Waals surface area contributed by atoms with E-state index in [9.17, 15) is 9.59 Å². The lowest BCUT2D eigenvalue weighted by molar-refractivity contribution is -0.123. The van der Waals surface area contributed by atoms with Crippen LogP contribution in [0.25, 0.3) is 0 Å². The Morgan fingerprint density at radius 1 is 1.38 bits per heavy atom. The average Bonchev–Trinajstić information content (AvgIpc) is 2.37. The Morgan fingerprint density at radius 2 is 2.00 bits per heavy atom. The van der Waals surface area contributed by atoms with Crippen molar-refractivity contribution in [3.05, 3.63) is 22.7 Å². The largest absolute Gasteiger partial charge is 0.495 e. The normalized spacial score (nSPS) is 10.4. The Morgan fingerprint density at radius 3 is 2.48 bits per heavy atom. The number of aryl methyl sites for hydroxylation is 1. The average molecular weight is 313 g/mol. The van der Waals surface area contributed by atoms with Crippen molar-refractivity contribution in [3.63, 3.8) is 0 Å². The zero-order chi connectivity index (χ0) is 16.2. The smallest absolute Gasteiger partial charge is 0.240 e. The maximum absolute atomic E-state index is 11.9. The van der Waals surface area contributed by atoms with Crippen LogP contribution in [0.4, 0.5) is 5.69 Å². The van der Waals surface area contributed by atoms with Crippen LogP contribution in [-0.2, 0) is 9.59 Å². The van der Waals surface area contributed by atoms with Crippen LogP contribution in [0.5, 0.6) is 5.75 Å². The maximum Gasteiger partial charge on any atom is 0.240 e. The van der Waals surface area contributed by atoms with Crippen LogP contribution >= 0.6 is 11.6 Å². The highest BCUT2D eigenvalue weighted by atomic mass is 35.5. The molecule has 0 aromatic heterocycles. The van der Waals surface area contributed by atoms with Crippen molar-refractivity contribution in [1.29, 1.82) is 0 Å². The third kappa shape index (κ3) is 4.63. The van der Waals surface area contributed by atoms with Gasteiger partial charge in [0.1, 0.15) is 12.3 Å². The van der Waals surface area contributed by atoms with Crippen LogP contribution in [0, 0.1) is 6.92 Å². The lowest BCUT2D eigenvalue weighted by Crippen LogP contribution is -2.42. The number of nitrogens with zero attached hydrogens (tertiary/aromatic N) is 1. The molecule has 5 nitrogen and oxygen atoms in total. The minimum Gasteiger partial charge on any atom is -0.495 e. The van der Waals surface area contributed by atoms with Crippen molar-refractivity contribution in [2.75, 3.05) is 18.6 Å². The summed E-state index contributed by atoms with van der Waals surface area (Å²) < 4.78 is 5.26. The van der Waals surface area contributed by atoms with E-state index in [0.717, 1.165) is 5.56 Å². The number of hydrogen-bond donors (Lipinski definition) is 1. The van der Waals surface area contributed by atoms with Gasteiger partial charge in [0.25, 0.3) is 0 Å². The minimum absolute atomic E-state index is 0.0140. The van der Waals surface area contributed by atoms with E-state index in [0.29, 0.717) is 16.5 Å². The maximum atomic E-state index is 11.9. The fraction of sp³-hybridized carbons (Fsp3) is 0.467. The zero-order valence-corrected chi connectivity index (χ0v) is 13.7. The molecule has 1 aromatic carbocycles. The number of anilines is 1. The van der Waals surface area contributed by atoms with Crippen LogP contribution in [-0.4, -0.2) is 31.5 Å². The number of nitrogens with one attached hydrogen (secondary N) is 1. The van der Waals surface area contributed by atoms with E-state index in [1.165, 1.54) is 18.9 Å². The van der Waals surface area contributed by atoms with Crippen molar-refractivity contribution in [2.45, 2.75) is 33.7 Å². The lowest BCUT2D eigenvalue weighted by atomic mass is 10.2. The molecule has 0 aliphatic heterocycles. The van der Waals surface area contributed by atoms with Crippen LogP contribution in [0.15, 0.2) is 12.1 Å². The number of carbonyl (C=O) groups is 2. The molecular weight excluding hydrogens is 292 g/mol. The van der Waals surface area contributed by atoms with Gasteiger partial charge in [-0.25, -0.2) is 0 Å². The summed E-state index contributed by atoms with van der Waals surface area (Å²) >= 11 is 6.06. The Labute approximate surface area is 130 Å². The number of carbonyl (C=O) groups excluding carboxylic acids is 2. The first-order valence-corrected chi connectivity index (χ1v) is 7.05. The molecule has 0 aliphatic carbocycles. The second kappa shape index (κ2) is 7.31. The molecule has 0 heterocycles. The predicted octanol–water partition coefficient (Wildman–Crippen LogP) is 2.53. The number of methoxy groups -OCH3 is 1. The second-order valence-corrected chi connectivity index (χ2v) is 5.51. The first-order valence-electron chi connectivity index (χ1n) is 6.67. The van der Waals surface area contributed by atoms with E-state index in [-0.39, 0.29) is 24.4 Å². The summed E-state index contributed by atoms with van der Waals surface area (Å²) in [4.78, 5) is 25.2. The quantitative estimate of drug-likeness (QED) is 0.909. The van der Waals surface area contributed by atoms with Gasteiger partial charge in [0.2, 0.25) is 11.8 Å². The van der Waals surface area contributed by atoms with Gasteiger partial charge in [-0.2, -0.15) is 0 Å². The van der Waals surface area contributed by atoms with Gasteiger partial charge in [-0.15, -0.1) is 0 Å². The third-order valence-electron chi connectivity index (χ3n) is 2.88. The van der Waals surface area contributed by atoms with Gasteiger partial charge in [-0.1, -0.05) is 11.6 Å². The predicted molar refractivity (Wildman–Crippen MR) is 84.0 cm³/mol. The molecule has 116 valence electrons. The van der Waals surface area contributed by atoms with Gasteiger partial charge in [0.15, 0.2) is 0 Å². The topological polar surface area (TPSA) is 58.6 Å². The number of ether oxygens (including phenoxy) is 1. The number of halogens is 1.